The normalized spacial score (nSPS) is 18.8. The first-order chi connectivity index (χ1) is 9.19. The van der Waals surface area contributed by atoms with Crippen LogP contribution in [0.1, 0.15) is 30.4 Å². The van der Waals surface area contributed by atoms with Crippen molar-refractivity contribution in [3.63, 3.8) is 0 Å². The van der Waals surface area contributed by atoms with Crippen LogP contribution in [0.25, 0.3) is 0 Å². The lowest BCUT2D eigenvalue weighted by Crippen LogP contribution is -2.29. The molecule has 1 saturated heterocycles. The topological polar surface area (TPSA) is 46.3 Å². The average molecular weight is 260 g/mol. The van der Waals surface area contributed by atoms with Gasteiger partial charge in [0.1, 0.15) is 0 Å². The standard InChI is InChI=1S/C16H24N2O/c1-13-5-7-14(8-6-13)3-2-4-16(19)18-10-9-15(11-17)12-18/h5-8,15H,2-4,9-12,17H2,1H3. The number of carbonyl (C=O) groups excluding carboxylic acids is 1. The van der Waals surface area contributed by atoms with Crippen LogP contribution in [0.4, 0.5) is 0 Å². The summed E-state index contributed by atoms with van der Waals surface area (Å²) in [4.78, 5) is 14.0. The summed E-state index contributed by atoms with van der Waals surface area (Å²) in [5, 5.41) is 0. The lowest BCUT2D eigenvalue weighted by Gasteiger charge is -2.16. The Morgan fingerprint density at radius 1 is 1.37 bits per heavy atom. The fourth-order valence-electron chi connectivity index (χ4n) is 2.61. The molecule has 1 fully saturated rings. The summed E-state index contributed by atoms with van der Waals surface area (Å²) in [6, 6.07) is 8.56. The summed E-state index contributed by atoms with van der Waals surface area (Å²) in [6.45, 7) is 4.55. The third kappa shape index (κ3) is 4.06. The molecule has 0 spiro atoms. The maximum absolute atomic E-state index is 12.0. The van der Waals surface area contributed by atoms with Gasteiger partial charge in [-0.25, -0.2) is 0 Å². The largest absolute Gasteiger partial charge is 0.342 e. The Morgan fingerprint density at radius 2 is 2.11 bits per heavy atom. The van der Waals surface area contributed by atoms with E-state index in [9.17, 15) is 4.79 Å². The summed E-state index contributed by atoms with van der Waals surface area (Å²) in [5.74, 6) is 0.809. The Kier molecular flexibility index (Phi) is 4.97. The van der Waals surface area contributed by atoms with E-state index < -0.39 is 0 Å². The molecule has 1 atom stereocenters. The van der Waals surface area contributed by atoms with Crippen molar-refractivity contribution in [2.45, 2.75) is 32.6 Å². The van der Waals surface area contributed by atoms with Gasteiger partial charge in [0.25, 0.3) is 0 Å². The van der Waals surface area contributed by atoms with E-state index in [2.05, 4.69) is 31.2 Å². The number of nitrogens with zero attached hydrogens (tertiary/aromatic N) is 1. The lowest BCUT2D eigenvalue weighted by atomic mass is 10.1. The van der Waals surface area contributed by atoms with Gasteiger partial charge in [-0.1, -0.05) is 29.8 Å². The number of carbonyl (C=O) groups is 1. The predicted octanol–water partition coefficient (Wildman–Crippen LogP) is 2.12. The Balaban J connectivity index is 1.71. The van der Waals surface area contributed by atoms with E-state index in [1.165, 1.54) is 11.1 Å². The van der Waals surface area contributed by atoms with E-state index in [0.29, 0.717) is 24.8 Å². The van der Waals surface area contributed by atoms with Gasteiger partial charge >= 0.3 is 0 Å². The van der Waals surface area contributed by atoms with Crippen molar-refractivity contribution in [2.75, 3.05) is 19.6 Å². The van der Waals surface area contributed by atoms with Crippen LogP contribution in [-0.4, -0.2) is 30.4 Å². The predicted molar refractivity (Wildman–Crippen MR) is 77.9 cm³/mol. The molecule has 104 valence electrons. The first-order valence-electron chi connectivity index (χ1n) is 7.22. The molecule has 1 heterocycles. The highest BCUT2D eigenvalue weighted by Crippen LogP contribution is 2.16. The van der Waals surface area contributed by atoms with Crippen molar-refractivity contribution < 1.29 is 4.79 Å². The minimum atomic E-state index is 0.295. The lowest BCUT2D eigenvalue weighted by molar-refractivity contribution is -0.130. The summed E-state index contributed by atoms with van der Waals surface area (Å²) < 4.78 is 0. The minimum absolute atomic E-state index is 0.295. The molecule has 1 aliphatic rings. The smallest absolute Gasteiger partial charge is 0.222 e. The molecule has 3 nitrogen and oxygen atoms in total. The quantitative estimate of drug-likeness (QED) is 0.881. The summed E-state index contributed by atoms with van der Waals surface area (Å²) >= 11 is 0. The molecule has 0 aromatic heterocycles. The van der Waals surface area contributed by atoms with Gasteiger partial charge in [-0.3, -0.25) is 4.79 Å². The Bertz CT molecular complexity index is 413. The Morgan fingerprint density at radius 3 is 2.74 bits per heavy atom. The highest BCUT2D eigenvalue weighted by molar-refractivity contribution is 5.76. The number of nitrogens with two attached hydrogens (primary N) is 1. The zero-order chi connectivity index (χ0) is 13.7. The van der Waals surface area contributed by atoms with E-state index in [1.54, 1.807) is 0 Å². The molecule has 19 heavy (non-hydrogen) atoms. The van der Waals surface area contributed by atoms with Crippen LogP contribution in [-0.2, 0) is 11.2 Å². The van der Waals surface area contributed by atoms with Crippen LogP contribution in [0.5, 0.6) is 0 Å². The number of likely N-dealkylation sites (tertiary alicyclic amines) is 1. The molecule has 0 aliphatic carbocycles. The number of hydrogen-bond acceptors (Lipinski definition) is 2. The summed E-state index contributed by atoms with van der Waals surface area (Å²) in [6.07, 6.45) is 3.65. The van der Waals surface area contributed by atoms with E-state index in [0.717, 1.165) is 32.4 Å². The number of amides is 1. The van der Waals surface area contributed by atoms with Gasteiger partial charge in [0.15, 0.2) is 0 Å². The highest BCUT2D eigenvalue weighted by Gasteiger charge is 2.24. The molecule has 1 aliphatic heterocycles. The minimum Gasteiger partial charge on any atom is -0.342 e. The number of rotatable bonds is 5. The molecular weight excluding hydrogens is 236 g/mol. The van der Waals surface area contributed by atoms with Crippen molar-refractivity contribution in [3.8, 4) is 0 Å². The molecule has 2 rings (SSSR count). The van der Waals surface area contributed by atoms with Crippen LogP contribution in [0.3, 0.4) is 0 Å². The second kappa shape index (κ2) is 6.71. The first kappa shape index (κ1) is 14.1. The Hall–Kier alpha value is -1.35. The molecule has 0 saturated carbocycles. The third-order valence-electron chi connectivity index (χ3n) is 3.95. The average Bonchev–Trinajstić information content (AvgIpc) is 2.90. The van der Waals surface area contributed by atoms with Gasteiger partial charge in [-0.2, -0.15) is 0 Å². The van der Waals surface area contributed by atoms with Crippen molar-refractivity contribution in [3.05, 3.63) is 35.4 Å². The van der Waals surface area contributed by atoms with Crippen molar-refractivity contribution in [2.24, 2.45) is 11.7 Å². The molecule has 1 aromatic carbocycles. The molecule has 1 unspecified atom stereocenters. The second-order valence-corrected chi connectivity index (χ2v) is 5.57. The van der Waals surface area contributed by atoms with Crippen LogP contribution in [0, 0.1) is 12.8 Å². The van der Waals surface area contributed by atoms with Gasteiger partial charge < -0.3 is 10.6 Å². The van der Waals surface area contributed by atoms with Gasteiger partial charge in [0.2, 0.25) is 5.91 Å². The summed E-state index contributed by atoms with van der Waals surface area (Å²) in [7, 11) is 0. The molecule has 1 amide bonds. The van der Waals surface area contributed by atoms with E-state index in [-0.39, 0.29) is 0 Å². The molecular formula is C16H24N2O. The van der Waals surface area contributed by atoms with Crippen LogP contribution < -0.4 is 5.73 Å². The number of benzene rings is 1. The fourth-order valence-corrected chi connectivity index (χ4v) is 2.61. The van der Waals surface area contributed by atoms with Gasteiger partial charge in [-0.05, 0) is 44.2 Å². The SMILES string of the molecule is Cc1ccc(CCCC(=O)N2CCC(CN)C2)cc1. The van der Waals surface area contributed by atoms with Crippen molar-refractivity contribution >= 4 is 5.91 Å². The van der Waals surface area contributed by atoms with E-state index in [1.807, 2.05) is 4.90 Å². The number of hydrogen-bond donors (Lipinski definition) is 1. The van der Waals surface area contributed by atoms with Crippen LogP contribution in [0.15, 0.2) is 24.3 Å². The van der Waals surface area contributed by atoms with Gasteiger partial charge in [0, 0.05) is 19.5 Å². The third-order valence-corrected chi connectivity index (χ3v) is 3.95. The van der Waals surface area contributed by atoms with Crippen molar-refractivity contribution in [1.82, 2.24) is 4.90 Å². The molecule has 0 bridgehead atoms. The summed E-state index contributed by atoms with van der Waals surface area (Å²) in [5.41, 5.74) is 8.25. The Labute approximate surface area is 115 Å². The zero-order valence-electron chi connectivity index (χ0n) is 11.8. The van der Waals surface area contributed by atoms with Crippen LogP contribution in [0.2, 0.25) is 0 Å². The van der Waals surface area contributed by atoms with Crippen molar-refractivity contribution in [1.29, 1.82) is 0 Å². The molecule has 1 aromatic rings. The zero-order valence-corrected chi connectivity index (χ0v) is 11.8. The number of aryl methyl sites for hydroxylation is 2. The fraction of sp³-hybridized carbons (Fsp3) is 0.562. The maximum Gasteiger partial charge on any atom is 0.222 e. The highest BCUT2D eigenvalue weighted by atomic mass is 16.2. The first-order valence-corrected chi connectivity index (χ1v) is 7.22. The van der Waals surface area contributed by atoms with Crippen LogP contribution >= 0.6 is 0 Å². The molecule has 2 N–H and O–H groups in total. The van der Waals surface area contributed by atoms with E-state index in [4.69, 9.17) is 5.73 Å². The van der Waals surface area contributed by atoms with Gasteiger partial charge in [-0.15, -0.1) is 0 Å². The van der Waals surface area contributed by atoms with E-state index >= 15 is 0 Å². The van der Waals surface area contributed by atoms with Gasteiger partial charge in [0.05, 0.1) is 0 Å². The monoisotopic (exact) mass is 260 g/mol. The maximum atomic E-state index is 12.0. The molecule has 0 radical (unpaired) electrons. The second-order valence-electron chi connectivity index (χ2n) is 5.57. The molecule has 3 heteroatoms.